The van der Waals surface area contributed by atoms with Crippen molar-refractivity contribution in [3.63, 3.8) is 0 Å². The van der Waals surface area contributed by atoms with Crippen LogP contribution in [0.2, 0.25) is 0 Å². The molecule has 2 aromatic carbocycles. The van der Waals surface area contributed by atoms with Gasteiger partial charge >= 0.3 is 0 Å². The second-order valence-corrected chi connectivity index (χ2v) is 7.35. The van der Waals surface area contributed by atoms with Gasteiger partial charge < -0.3 is 14.8 Å². The molecular weight excluding hydrogens is 418 g/mol. The van der Waals surface area contributed by atoms with E-state index in [0.717, 1.165) is 23.6 Å². The summed E-state index contributed by atoms with van der Waals surface area (Å²) >= 11 is 0. The summed E-state index contributed by atoms with van der Waals surface area (Å²) in [4.78, 5) is 16.3. The molecule has 0 atom stereocenters. The predicted molar refractivity (Wildman–Crippen MR) is 114 cm³/mol. The highest BCUT2D eigenvalue weighted by Gasteiger charge is 2.24. The number of pyridine rings is 1. The minimum atomic E-state index is -0.870. The summed E-state index contributed by atoms with van der Waals surface area (Å²) in [5.74, 6) is -2.13. The van der Waals surface area contributed by atoms with Gasteiger partial charge in [-0.2, -0.15) is 5.10 Å². The van der Waals surface area contributed by atoms with Gasteiger partial charge in [0.05, 0.1) is 31.0 Å². The fourth-order valence-electron chi connectivity index (χ4n) is 3.96. The number of carbonyl (C=O) groups excluding carboxylic acids is 1. The Morgan fingerprint density at radius 2 is 1.78 bits per heavy atom. The molecule has 0 bridgehead atoms. The molecule has 162 valence electrons. The lowest BCUT2D eigenvalue weighted by Gasteiger charge is -2.16. The third-order valence-electron chi connectivity index (χ3n) is 5.58. The number of nitrogens with zero attached hydrogens (tertiary/aromatic N) is 2. The zero-order valence-electron chi connectivity index (χ0n) is 17.3. The first-order valence-electron chi connectivity index (χ1n) is 9.87. The molecule has 7 nitrogen and oxygen atoms in total. The van der Waals surface area contributed by atoms with E-state index in [9.17, 15) is 13.6 Å². The molecule has 0 fully saturated rings. The van der Waals surface area contributed by atoms with Gasteiger partial charge in [-0.15, -0.1) is 0 Å². The summed E-state index contributed by atoms with van der Waals surface area (Å²) in [5, 5.41) is 10.8. The number of ether oxygens (including phenoxy) is 2. The van der Waals surface area contributed by atoms with E-state index in [4.69, 9.17) is 9.47 Å². The summed E-state index contributed by atoms with van der Waals surface area (Å²) in [6.45, 7) is 0.586. The molecule has 5 rings (SSSR count). The van der Waals surface area contributed by atoms with Crippen molar-refractivity contribution in [2.24, 2.45) is 0 Å². The van der Waals surface area contributed by atoms with Crippen molar-refractivity contribution in [3.05, 3.63) is 59.3 Å². The fourth-order valence-corrected chi connectivity index (χ4v) is 3.96. The first-order valence-corrected chi connectivity index (χ1v) is 9.87. The van der Waals surface area contributed by atoms with Crippen molar-refractivity contribution in [2.75, 3.05) is 20.8 Å². The number of benzene rings is 2. The van der Waals surface area contributed by atoms with E-state index < -0.39 is 11.6 Å². The molecule has 0 saturated heterocycles. The van der Waals surface area contributed by atoms with Crippen molar-refractivity contribution in [1.82, 2.24) is 20.5 Å². The zero-order chi connectivity index (χ0) is 22.4. The van der Waals surface area contributed by atoms with Crippen LogP contribution in [0.5, 0.6) is 11.5 Å². The highest BCUT2D eigenvalue weighted by molar-refractivity contribution is 5.99. The average Bonchev–Trinajstić information content (AvgIpc) is 3.23. The molecule has 0 aliphatic carbocycles. The molecule has 0 radical (unpaired) electrons. The molecule has 0 spiro atoms. The lowest BCUT2D eigenvalue weighted by molar-refractivity contribution is 0.0946. The van der Waals surface area contributed by atoms with E-state index in [2.05, 4.69) is 20.5 Å². The van der Waals surface area contributed by atoms with E-state index in [1.54, 1.807) is 6.07 Å². The second kappa shape index (κ2) is 7.60. The summed E-state index contributed by atoms with van der Waals surface area (Å²) in [7, 11) is 2.58. The number of methoxy groups -OCH3 is 2. The number of aromatic amines is 1. The third-order valence-corrected chi connectivity index (χ3v) is 5.58. The number of H-pyrrole nitrogens is 1. The first kappa shape index (κ1) is 19.9. The van der Waals surface area contributed by atoms with Crippen molar-refractivity contribution in [1.29, 1.82) is 0 Å². The Balaban J connectivity index is 1.61. The number of carbonyl (C=O) groups is 1. The second-order valence-electron chi connectivity index (χ2n) is 7.35. The zero-order valence-corrected chi connectivity index (χ0v) is 17.3. The van der Waals surface area contributed by atoms with Gasteiger partial charge in [0.2, 0.25) is 0 Å². The highest BCUT2D eigenvalue weighted by atomic mass is 19.1. The van der Waals surface area contributed by atoms with Crippen molar-refractivity contribution < 1.29 is 23.0 Å². The van der Waals surface area contributed by atoms with E-state index in [1.165, 1.54) is 26.5 Å². The quantitative estimate of drug-likeness (QED) is 0.507. The van der Waals surface area contributed by atoms with Crippen LogP contribution in [0.25, 0.3) is 33.4 Å². The SMILES string of the molecule is COc1cc(OC)c(F)c(-c2cc3[nH]nc(-c4ccc5c(c4)CCNC5=O)c3cn2)c1F. The lowest BCUT2D eigenvalue weighted by Crippen LogP contribution is -2.31. The van der Waals surface area contributed by atoms with Crippen LogP contribution in [-0.2, 0) is 6.42 Å². The average molecular weight is 436 g/mol. The molecule has 0 saturated carbocycles. The van der Waals surface area contributed by atoms with E-state index in [0.29, 0.717) is 28.7 Å². The van der Waals surface area contributed by atoms with Crippen LogP contribution in [0, 0.1) is 11.6 Å². The summed E-state index contributed by atoms with van der Waals surface area (Å²) < 4.78 is 39.8. The largest absolute Gasteiger partial charge is 0.494 e. The van der Waals surface area contributed by atoms with Gasteiger partial charge in [0.1, 0.15) is 5.69 Å². The number of fused-ring (bicyclic) bond motifs is 2. The van der Waals surface area contributed by atoms with E-state index >= 15 is 0 Å². The third kappa shape index (κ3) is 3.05. The lowest BCUT2D eigenvalue weighted by atomic mass is 9.96. The molecule has 2 N–H and O–H groups in total. The Labute approximate surface area is 181 Å². The van der Waals surface area contributed by atoms with Gasteiger partial charge in [-0.3, -0.25) is 14.9 Å². The number of amides is 1. The van der Waals surface area contributed by atoms with Crippen LogP contribution >= 0.6 is 0 Å². The number of rotatable bonds is 4. The van der Waals surface area contributed by atoms with Gasteiger partial charge in [0.25, 0.3) is 5.91 Å². The van der Waals surface area contributed by atoms with Crippen LogP contribution in [0.15, 0.2) is 36.5 Å². The molecule has 32 heavy (non-hydrogen) atoms. The first-order chi connectivity index (χ1) is 15.5. The molecule has 9 heteroatoms. The van der Waals surface area contributed by atoms with Gasteiger partial charge in [-0.25, -0.2) is 8.78 Å². The van der Waals surface area contributed by atoms with E-state index in [1.807, 2.05) is 12.1 Å². The Morgan fingerprint density at radius 3 is 2.50 bits per heavy atom. The van der Waals surface area contributed by atoms with E-state index in [-0.39, 0.29) is 28.7 Å². The number of halogens is 2. The maximum Gasteiger partial charge on any atom is 0.251 e. The minimum Gasteiger partial charge on any atom is -0.494 e. The Bertz CT molecular complexity index is 1360. The molecule has 3 heterocycles. The maximum absolute atomic E-state index is 14.9. The summed E-state index contributed by atoms with van der Waals surface area (Å²) in [6, 6.07) is 8.20. The molecule has 1 aliphatic rings. The number of hydrogen-bond donors (Lipinski definition) is 2. The summed E-state index contributed by atoms with van der Waals surface area (Å²) in [5.41, 5.74) is 3.33. The number of nitrogens with one attached hydrogen (secondary N) is 2. The number of hydrogen-bond acceptors (Lipinski definition) is 5. The van der Waals surface area contributed by atoms with Crippen molar-refractivity contribution >= 4 is 16.8 Å². The minimum absolute atomic E-state index is 0.0713. The Morgan fingerprint density at radius 1 is 1.03 bits per heavy atom. The van der Waals surface area contributed by atoms with Crippen LogP contribution in [-0.4, -0.2) is 41.9 Å². The van der Waals surface area contributed by atoms with Gasteiger partial charge in [-0.1, -0.05) is 6.07 Å². The monoisotopic (exact) mass is 436 g/mol. The smallest absolute Gasteiger partial charge is 0.251 e. The fraction of sp³-hybridized carbons (Fsp3) is 0.174. The molecular formula is C23H18F2N4O3. The molecule has 2 aromatic heterocycles. The van der Waals surface area contributed by atoms with Gasteiger partial charge in [0, 0.05) is 35.3 Å². The van der Waals surface area contributed by atoms with Crippen molar-refractivity contribution in [2.45, 2.75) is 6.42 Å². The highest BCUT2D eigenvalue weighted by Crippen LogP contribution is 2.38. The normalized spacial score (nSPS) is 13.1. The van der Waals surface area contributed by atoms with Crippen molar-refractivity contribution in [3.8, 4) is 34.0 Å². The summed E-state index contributed by atoms with van der Waals surface area (Å²) in [6.07, 6.45) is 2.25. The maximum atomic E-state index is 14.9. The van der Waals surface area contributed by atoms with Crippen LogP contribution in [0.3, 0.4) is 0 Å². The topological polar surface area (TPSA) is 89.1 Å². The van der Waals surface area contributed by atoms with Crippen LogP contribution in [0.4, 0.5) is 8.78 Å². The number of aromatic nitrogens is 3. The van der Waals surface area contributed by atoms with Gasteiger partial charge in [0.15, 0.2) is 23.1 Å². The van der Waals surface area contributed by atoms with Gasteiger partial charge in [-0.05, 0) is 30.2 Å². The molecule has 4 aromatic rings. The van der Waals surface area contributed by atoms with Crippen LogP contribution in [0.1, 0.15) is 15.9 Å². The molecule has 1 aliphatic heterocycles. The van der Waals surface area contributed by atoms with Crippen LogP contribution < -0.4 is 14.8 Å². The Hall–Kier alpha value is -4.01. The Kier molecular flexibility index (Phi) is 4.73. The molecule has 1 amide bonds. The standard InChI is InChI=1S/C23H18F2N4O3/c1-31-17-9-18(32-2)21(25)19(20(17)24)16-8-15-14(10-27-16)22(29-28-15)12-3-4-13-11(7-12)5-6-26-23(13)30/h3-4,7-10H,5-6H2,1-2H3,(H,26,30)(H,28,29). The molecule has 0 unspecified atom stereocenters. The predicted octanol–water partition coefficient (Wildman–Crippen LogP) is 3.87.